The molecule has 47 heteroatoms. The maximum atomic E-state index is 13.2. The summed E-state index contributed by atoms with van der Waals surface area (Å²) in [5.41, 5.74) is 0. The Kier molecular flexibility index (Phi) is 32.7. The number of carbonyl (C=O) groups is 5. The van der Waals surface area contributed by atoms with E-state index in [1.807, 2.05) is 0 Å². The fourth-order valence-corrected chi connectivity index (χ4v) is 13.3. The van der Waals surface area contributed by atoms with Gasteiger partial charge in [0.1, 0.15) is 177 Å². The van der Waals surface area contributed by atoms with E-state index in [0.717, 1.165) is 34.6 Å². The van der Waals surface area contributed by atoms with Crippen LogP contribution in [-0.4, -0.2) is 450 Å². The van der Waals surface area contributed by atoms with Crippen LogP contribution in [0, 0.1) is 0 Å². The maximum absolute atomic E-state index is 13.2. The molecule has 0 unspecified atom stereocenters. The number of hydrogen-bond donors (Lipinski definition) is 28. The van der Waals surface area contributed by atoms with Crippen molar-refractivity contribution >= 4 is 29.6 Å². The lowest BCUT2D eigenvalue weighted by molar-refractivity contribution is -0.399. The summed E-state index contributed by atoms with van der Waals surface area (Å²) in [6.07, 6.45) is -76.2. The number of rotatable bonds is 32. The quantitative estimate of drug-likeness (QED) is 0.0297. The van der Waals surface area contributed by atoms with Crippen molar-refractivity contribution < 1.29 is 213 Å². The Labute approximate surface area is 601 Å². The van der Waals surface area contributed by atoms with E-state index >= 15 is 0 Å². The second kappa shape index (κ2) is 38.9. The number of carbonyl (C=O) groups excluding carboxylic acids is 4. The summed E-state index contributed by atoms with van der Waals surface area (Å²) in [6, 6.07) is -7.15. The average molecular weight is 1550 g/mol. The second-order valence-electron chi connectivity index (χ2n) is 26.5. The van der Waals surface area contributed by atoms with Crippen molar-refractivity contribution in [3.05, 3.63) is 0 Å². The number of aliphatic hydroxyl groups is 23. The number of aliphatic hydroxyl groups excluding tert-OH is 23. The predicted molar refractivity (Wildman–Crippen MR) is 329 cm³/mol. The molecule has 0 spiro atoms. The highest BCUT2D eigenvalue weighted by Gasteiger charge is 2.62. The number of nitrogens with one attached hydrogen (secondary N) is 4. The zero-order valence-electron chi connectivity index (χ0n) is 57.4. The van der Waals surface area contributed by atoms with Crippen LogP contribution in [0.15, 0.2) is 0 Å². The molecule has 7 fully saturated rings. The molecule has 0 saturated carbocycles. The van der Waals surface area contributed by atoms with Crippen molar-refractivity contribution in [2.24, 2.45) is 0 Å². The van der Waals surface area contributed by atoms with Crippen LogP contribution in [-0.2, 0) is 90.3 Å². The van der Waals surface area contributed by atoms with Crippen molar-refractivity contribution in [1.29, 1.82) is 0 Å². The van der Waals surface area contributed by atoms with E-state index in [1.165, 1.54) is 0 Å². The van der Waals surface area contributed by atoms with Crippen molar-refractivity contribution in [2.75, 3.05) is 52.9 Å². The van der Waals surface area contributed by atoms with Crippen LogP contribution >= 0.6 is 0 Å². The molecule has 106 heavy (non-hydrogen) atoms. The standard InChI is InChI=1S/C59H100N4O43/c1-15(71)45(32(78)20(7-64)60-16(2)72)100-52-30(62-18(4)74)38(84)46(26(12-69)97-52)101-55-43(89)49(37(83)28(99-55)14-93-54-42(88)40(86)34(80)23(9-66)94-54)103-57-51(41(87)35(81)24(10-67)96-57)104-53-31(63-19(5)75)39(85)47(27(13-70)98-53)102-56-44(90)50(36(82)25(11-68)95-56)106-59(58(91)92)6-21(76)29(61-17(3)73)48(105-59)33(79)22(77)8-65/h15,20-57,64-71,76-90H,6-14H2,1-5H3,(H,60,72)(H,61,73)(H,62,74)(H,63,75)(H,91,92)/t15-,20+,21+,22-,23-,24-,25-,26-,27-,28-,29-,30-,31-,32-,33-,34-,35-,36+,37-,38-,39-,40+,41+,42+,43+,44-,45-,46-,47-,48-,49+,50+,51+,52+,53-,54+,55+,56+,57-,59+/m1/s1. The van der Waals surface area contributed by atoms with Crippen molar-refractivity contribution in [1.82, 2.24) is 21.3 Å². The van der Waals surface area contributed by atoms with Crippen molar-refractivity contribution in [3.8, 4) is 0 Å². The molecule has 40 atom stereocenters. The molecule has 28 N–H and O–H groups in total. The van der Waals surface area contributed by atoms with Crippen molar-refractivity contribution in [3.63, 3.8) is 0 Å². The molecule has 4 amide bonds. The van der Waals surface area contributed by atoms with Gasteiger partial charge in [-0.3, -0.25) is 19.2 Å². The predicted octanol–water partition coefficient (Wildman–Crippen LogP) is -18.0. The van der Waals surface area contributed by atoms with Gasteiger partial charge in [0, 0.05) is 34.1 Å². The van der Waals surface area contributed by atoms with Gasteiger partial charge in [0.05, 0.1) is 77.1 Å². The molecule has 0 radical (unpaired) electrons. The van der Waals surface area contributed by atoms with E-state index < -0.39 is 334 Å². The van der Waals surface area contributed by atoms with Gasteiger partial charge in [0.25, 0.3) is 5.79 Å². The molecule has 7 rings (SSSR count). The number of amides is 4. The van der Waals surface area contributed by atoms with Crippen LogP contribution in [0.4, 0.5) is 0 Å². The molecule has 0 aliphatic carbocycles. The number of aliphatic carboxylic acids is 1. The molecule has 47 nitrogen and oxygen atoms in total. The monoisotopic (exact) mass is 1550 g/mol. The highest BCUT2D eigenvalue weighted by Crippen LogP contribution is 2.41. The first kappa shape index (κ1) is 89.1. The third kappa shape index (κ3) is 20.2. The van der Waals surface area contributed by atoms with E-state index in [1.54, 1.807) is 0 Å². The van der Waals surface area contributed by atoms with Crippen LogP contribution in [0.25, 0.3) is 0 Å². The van der Waals surface area contributed by atoms with Crippen LogP contribution in [0.1, 0.15) is 41.0 Å². The molecule has 614 valence electrons. The zero-order chi connectivity index (χ0) is 79.0. The smallest absolute Gasteiger partial charge is 0.364 e. The molecular weight excluding hydrogens is 1450 g/mol. The Morgan fingerprint density at radius 2 is 0.877 bits per heavy atom. The minimum atomic E-state index is -3.28. The third-order valence-corrected chi connectivity index (χ3v) is 18.8. The molecule has 0 aromatic heterocycles. The fraction of sp³-hybridized carbons (Fsp3) is 0.915. The summed E-state index contributed by atoms with van der Waals surface area (Å²) in [4.78, 5) is 63.1. The summed E-state index contributed by atoms with van der Waals surface area (Å²) in [5.74, 6) is -8.95. The Hall–Kier alpha value is -4.13. The Balaban J connectivity index is 1.20. The number of ether oxygens (including phenoxy) is 14. The topological polar surface area (TPSA) is 748 Å². The largest absolute Gasteiger partial charge is 0.477 e. The van der Waals surface area contributed by atoms with E-state index in [-0.39, 0.29) is 0 Å². The molecule has 7 saturated heterocycles. The molecule has 7 heterocycles. The first-order valence-electron chi connectivity index (χ1n) is 33.5. The van der Waals surface area contributed by atoms with Gasteiger partial charge >= 0.3 is 5.97 Å². The van der Waals surface area contributed by atoms with Gasteiger partial charge in [-0.1, -0.05) is 0 Å². The first-order chi connectivity index (χ1) is 49.9. The van der Waals surface area contributed by atoms with Gasteiger partial charge in [-0.25, -0.2) is 4.79 Å². The lowest BCUT2D eigenvalue weighted by Crippen LogP contribution is -2.71. The Bertz CT molecular complexity index is 2800. The zero-order valence-corrected chi connectivity index (χ0v) is 57.4. The van der Waals surface area contributed by atoms with Gasteiger partial charge in [-0.15, -0.1) is 0 Å². The van der Waals surface area contributed by atoms with Gasteiger partial charge < -0.3 is 210 Å². The van der Waals surface area contributed by atoms with Gasteiger partial charge in [-0.2, -0.15) is 0 Å². The Morgan fingerprint density at radius 1 is 0.443 bits per heavy atom. The first-order valence-corrected chi connectivity index (χ1v) is 33.5. The van der Waals surface area contributed by atoms with Crippen LogP contribution in [0.2, 0.25) is 0 Å². The number of carboxylic acid groups (broad SMARTS) is 1. The van der Waals surface area contributed by atoms with E-state index in [0.29, 0.717) is 0 Å². The lowest BCUT2D eigenvalue weighted by atomic mass is 9.88. The fourth-order valence-electron chi connectivity index (χ4n) is 13.3. The molecule has 0 aromatic carbocycles. The maximum Gasteiger partial charge on any atom is 0.364 e. The molecule has 0 aromatic rings. The summed E-state index contributed by atoms with van der Waals surface area (Å²) >= 11 is 0. The van der Waals surface area contributed by atoms with Crippen LogP contribution in [0.5, 0.6) is 0 Å². The number of hydrogen-bond acceptors (Lipinski definition) is 42. The summed E-state index contributed by atoms with van der Waals surface area (Å²) in [6.45, 7) is -3.95. The summed E-state index contributed by atoms with van der Waals surface area (Å²) < 4.78 is 82.2. The second-order valence-corrected chi connectivity index (χ2v) is 26.5. The SMILES string of the molecule is CC(=O)N[C@H]1[C@H](O[C@@H]([C@H](O)[C@H](CO)NC(C)=O)[C@@H](C)O)O[C@H](CO)[C@@H](O[C@@H]2O[C@H](CO[C@H]3O[C@H](CO)[C@@H](O)[C@H](O)[C@@H]3O)[C@@H](O)[C@H](O[C@H]3O[C@H](CO)[C@@H](O)[C@H](O)[C@@H]3O[C@H]3O[C@H](CO)[C@@H](O[C@@H]4O[C@H](CO)[C@H](O)[C@H](O[C@]5(C(=O)O)C[C@H](O)[C@@H](NC(C)=O)[C@H]([C@H](O)[C@H](O)CO)O5)[C@H]4O)[C@H](O)[C@H]3NC(C)=O)[C@@H]2O)[C@@H]1O. The van der Waals surface area contributed by atoms with Gasteiger partial charge in [0.2, 0.25) is 23.6 Å². The van der Waals surface area contributed by atoms with Crippen LogP contribution in [0.3, 0.4) is 0 Å². The highest BCUT2D eigenvalue weighted by molar-refractivity contribution is 5.77. The minimum absolute atomic E-state index is 0.739. The number of carboxylic acids is 1. The Morgan fingerprint density at radius 3 is 1.37 bits per heavy atom. The van der Waals surface area contributed by atoms with Crippen molar-refractivity contribution in [2.45, 2.75) is 286 Å². The average Bonchev–Trinajstić information content (AvgIpc) is 0.764. The lowest BCUT2D eigenvalue weighted by Gasteiger charge is -2.51. The summed E-state index contributed by atoms with van der Waals surface area (Å²) in [5, 5.41) is 274. The van der Waals surface area contributed by atoms with Crippen LogP contribution < -0.4 is 21.3 Å². The van der Waals surface area contributed by atoms with Gasteiger partial charge in [-0.05, 0) is 6.92 Å². The van der Waals surface area contributed by atoms with E-state index in [2.05, 4.69) is 21.3 Å². The third-order valence-electron chi connectivity index (χ3n) is 18.8. The minimum Gasteiger partial charge on any atom is -0.477 e. The molecule has 7 aliphatic heterocycles. The molecule has 0 bridgehead atoms. The normalized spacial score (nSPS) is 44.1. The van der Waals surface area contributed by atoms with Gasteiger partial charge in [0.15, 0.2) is 37.7 Å². The van der Waals surface area contributed by atoms with E-state index in [9.17, 15) is 147 Å². The highest BCUT2D eigenvalue weighted by atomic mass is 16.8. The molecular formula is C59H100N4O43. The molecule has 7 aliphatic rings. The summed E-state index contributed by atoms with van der Waals surface area (Å²) in [7, 11) is 0. The van der Waals surface area contributed by atoms with E-state index in [4.69, 9.17) is 66.3 Å².